The zero-order chi connectivity index (χ0) is 21.1. The number of rotatable bonds is 11. The summed E-state index contributed by atoms with van der Waals surface area (Å²) in [6.07, 6.45) is 3.15. The van der Waals surface area contributed by atoms with Crippen LogP contribution in [0.25, 0.3) is 11.3 Å². The van der Waals surface area contributed by atoms with Crippen molar-refractivity contribution in [1.29, 1.82) is 0 Å². The SMILES string of the molecule is CCCCC[C@H](CC(=O)NO)C(=O)NCNC(=O)c1ccc(-c2ccccc2)o1. The molecule has 0 saturated carbocycles. The standard InChI is InChI=1S/C21H27N3O5/c1-2-3-5-10-16(13-19(25)24-28)20(26)22-14-23-21(27)18-12-11-17(29-18)15-8-6-4-7-9-15/h4,6-9,11-12,16,28H,2-3,5,10,13-14H2,1H3,(H,22,26)(H,23,27)(H,24,25)/t16-/m1/s1. The lowest BCUT2D eigenvalue weighted by Crippen LogP contribution is -2.41. The highest BCUT2D eigenvalue weighted by molar-refractivity contribution is 5.92. The maximum absolute atomic E-state index is 12.3. The minimum Gasteiger partial charge on any atom is -0.451 e. The molecule has 2 aromatic rings. The number of unbranched alkanes of at least 4 members (excludes halogenated alkanes) is 2. The van der Waals surface area contributed by atoms with Gasteiger partial charge in [-0.05, 0) is 18.6 Å². The van der Waals surface area contributed by atoms with Crippen molar-refractivity contribution in [3.8, 4) is 11.3 Å². The first-order valence-electron chi connectivity index (χ1n) is 9.69. The average Bonchev–Trinajstić information content (AvgIpc) is 3.24. The van der Waals surface area contributed by atoms with Gasteiger partial charge < -0.3 is 15.1 Å². The minimum atomic E-state index is -0.616. The van der Waals surface area contributed by atoms with Gasteiger partial charge in [-0.2, -0.15) is 0 Å². The molecule has 0 saturated heterocycles. The van der Waals surface area contributed by atoms with Gasteiger partial charge in [0.2, 0.25) is 11.8 Å². The highest BCUT2D eigenvalue weighted by atomic mass is 16.5. The lowest BCUT2D eigenvalue weighted by molar-refractivity contribution is -0.135. The number of hydrogen-bond donors (Lipinski definition) is 4. The van der Waals surface area contributed by atoms with Gasteiger partial charge in [-0.15, -0.1) is 0 Å². The Morgan fingerprint density at radius 3 is 2.48 bits per heavy atom. The summed E-state index contributed by atoms with van der Waals surface area (Å²) in [4.78, 5) is 36.0. The molecule has 1 heterocycles. The van der Waals surface area contributed by atoms with E-state index in [1.807, 2.05) is 37.3 Å². The molecule has 0 aliphatic carbocycles. The largest absolute Gasteiger partial charge is 0.451 e. The molecule has 1 aromatic carbocycles. The van der Waals surface area contributed by atoms with Gasteiger partial charge in [0.1, 0.15) is 5.76 Å². The molecule has 0 radical (unpaired) electrons. The molecular weight excluding hydrogens is 374 g/mol. The van der Waals surface area contributed by atoms with Crippen LogP contribution in [0.1, 0.15) is 49.6 Å². The Kier molecular flexibility index (Phi) is 8.91. The summed E-state index contributed by atoms with van der Waals surface area (Å²) in [5.41, 5.74) is 2.41. The zero-order valence-electron chi connectivity index (χ0n) is 16.4. The van der Waals surface area contributed by atoms with Crippen LogP contribution in [0.5, 0.6) is 0 Å². The first-order valence-corrected chi connectivity index (χ1v) is 9.69. The van der Waals surface area contributed by atoms with E-state index in [-0.39, 0.29) is 24.8 Å². The van der Waals surface area contributed by atoms with Gasteiger partial charge in [0.25, 0.3) is 5.91 Å². The topological polar surface area (TPSA) is 121 Å². The fraction of sp³-hybridized carbons (Fsp3) is 0.381. The highest BCUT2D eigenvalue weighted by Crippen LogP contribution is 2.21. The second kappa shape index (κ2) is 11.7. The molecule has 0 spiro atoms. The lowest BCUT2D eigenvalue weighted by Gasteiger charge is -2.16. The highest BCUT2D eigenvalue weighted by Gasteiger charge is 2.21. The van der Waals surface area contributed by atoms with E-state index in [0.717, 1.165) is 24.8 Å². The van der Waals surface area contributed by atoms with Crippen molar-refractivity contribution in [2.75, 3.05) is 6.67 Å². The van der Waals surface area contributed by atoms with Crippen LogP contribution in [-0.4, -0.2) is 29.6 Å². The Bertz CT molecular complexity index is 804. The molecule has 0 unspecified atom stereocenters. The van der Waals surface area contributed by atoms with Gasteiger partial charge in [-0.1, -0.05) is 56.5 Å². The second-order valence-corrected chi connectivity index (χ2v) is 6.69. The summed E-state index contributed by atoms with van der Waals surface area (Å²) in [6.45, 7) is 1.95. The van der Waals surface area contributed by atoms with Crippen molar-refractivity contribution >= 4 is 17.7 Å². The molecule has 0 aliphatic rings. The van der Waals surface area contributed by atoms with E-state index >= 15 is 0 Å². The van der Waals surface area contributed by atoms with Gasteiger partial charge in [0.15, 0.2) is 5.76 Å². The molecule has 0 bridgehead atoms. The van der Waals surface area contributed by atoms with E-state index in [4.69, 9.17) is 9.62 Å². The van der Waals surface area contributed by atoms with E-state index in [9.17, 15) is 14.4 Å². The van der Waals surface area contributed by atoms with Crippen LogP contribution in [-0.2, 0) is 9.59 Å². The number of carbonyl (C=O) groups is 3. The van der Waals surface area contributed by atoms with E-state index in [2.05, 4.69) is 10.6 Å². The summed E-state index contributed by atoms with van der Waals surface area (Å²) >= 11 is 0. The third kappa shape index (κ3) is 7.08. The van der Waals surface area contributed by atoms with Gasteiger partial charge >= 0.3 is 0 Å². The van der Waals surface area contributed by atoms with Crippen LogP contribution in [0, 0.1) is 5.92 Å². The van der Waals surface area contributed by atoms with Crippen molar-refractivity contribution in [1.82, 2.24) is 16.1 Å². The van der Waals surface area contributed by atoms with Crippen LogP contribution in [0.4, 0.5) is 0 Å². The van der Waals surface area contributed by atoms with Crippen molar-refractivity contribution in [3.05, 3.63) is 48.2 Å². The van der Waals surface area contributed by atoms with Crippen molar-refractivity contribution in [3.63, 3.8) is 0 Å². The number of benzene rings is 1. The number of furan rings is 1. The van der Waals surface area contributed by atoms with Gasteiger partial charge in [-0.25, -0.2) is 5.48 Å². The summed E-state index contributed by atoms with van der Waals surface area (Å²) in [7, 11) is 0. The predicted octanol–water partition coefficient (Wildman–Crippen LogP) is 2.84. The number of hydrogen-bond acceptors (Lipinski definition) is 5. The van der Waals surface area contributed by atoms with Crippen LogP contribution < -0.4 is 16.1 Å². The fourth-order valence-corrected chi connectivity index (χ4v) is 2.90. The monoisotopic (exact) mass is 401 g/mol. The van der Waals surface area contributed by atoms with E-state index in [1.54, 1.807) is 17.6 Å². The molecule has 0 aliphatic heterocycles. The number of hydroxylamine groups is 1. The van der Waals surface area contributed by atoms with Gasteiger partial charge in [0.05, 0.1) is 6.67 Å². The third-order valence-corrected chi connectivity index (χ3v) is 4.48. The van der Waals surface area contributed by atoms with Crippen molar-refractivity contribution in [2.24, 2.45) is 5.92 Å². The Morgan fingerprint density at radius 1 is 1.03 bits per heavy atom. The summed E-state index contributed by atoms with van der Waals surface area (Å²) in [6, 6.07) is 12.7. The molecule has 1 atom stereocenters. The van der Waals surface area contributed by atoms with Crippen molar-refractivity contribution < 1.29 is 24.0 Å². The summed E-state index contributed by atoms with van der Waals surface area (Å²) in [5.74, 6) is -1.28. The zero-order valence-corrected chi connectivity index (χ0v) is 16.4. The van der Waals surface area contributed by atoms with Gasteiger partial charge in [-0.3, -0.25) is 19.6 Å². The molecule has 3 amide bonds. The predicted molar refractivity (Wildman–Crippen MR) is 107 cm³/mol. The molecule has 29 heavy (non-hydrogen) atoms. The van der Waals surface area contributed by atoms with Crippen LogP contribution in [0.2, 0.25) is 0 Å². The molecule has 2 rings (SSSR count). The Hall–Kier alpha value is -3.13. The average molecular weight is 401 g/mol. The molecule has 8 nitrogen and oxygen atoms in total. The minimum absolute atomic E-state index is 0.0932. The number of nitrogens with one attached hydrogen (secondary N) is 3. The molecular formula is C21H27N3O5. The molecule has 1 aromatic heterocycles. The maximum atomic E-state index is 12.3. The maximum Gasteiger partial charge on any atom is 0.288 e. The quantitative estimate of drug-likeness (QED) is 0.200. The molecule has 0 fully saturated rings. The molecule has 156 valence electrons. The van der Waals surface area contributed by atoms with Crippen LogP contribution in [0.3, 0.4) is 0 Å². The lowest BCUT2D eigenvalue weighted by atomic mass is 9.96. The summed E-state index contributed by atoms with van der Waals surface area (Å²) in [5, 5.41) is 13.9. The Labute approximate surface area is 169 Å². The first-order chi connectivity index (χ1) is 14.0. The van der Waals surface area contributed by atoms with E-state index in [0.29, 0.717) is 12.2 Å². The second-order valence-electron chi connectivity index (χ2n) is 6.69. The third-order valence-electron chi connectivity index (χ3n) is 4.48. The Morgan fingerprint density at radius 2 is 1.79 bits per heavy atom. The smallest absolute Gasteiger partial charge is 0.288 e. The fourth-order valence-electron chi connectivity index (χ4n) is 2.90. The Balaban J connectivity index is 1.85. The number of carbonyl (C=O) groups excluding carboxylic acids is 3. The normalized spacial score (nSPS) is 11.5. The molecule has 8 heteroatoms. The first kappa shape index (κ1) is 22.2. The molecule has 4 N–H and O–H groups in total. The van der Waals surface area contributed by atoms with Gasteiger partial charge in [0, 0.05) is 17.9 Å². The number of amides is 3. The summed E-state index contributed by atoms with van der Waals surface area (Å²) < 4.78 is 5.56. The van der Waals surface area contributed by atoms with E-state index < -0.39 is 17.7 Å². The van der Waals surface area contributed by atoms with Crippen LogP contribution in [0.15, 0.2) is 46.9 Å². The van der Waals surface area contributed by atoms with Crippen LogP contribution >= 0.6 is 0 Å². The van der Waals surface area contributed by atoms with Crippen molar-refractivity contribution in [2.45, 2.75) is 39.0 Å². The van der Waals surface area contributed by atoms with E-state index in [1.165, 1.54) is 0 Å².